The van der Waals surface area contributed by atoms with E-state index in [1.807, 2.05) is 5.32 Å². The van der Waals surface area contributed by atoms with Crippen molar-refractivity contribution in [3.05, 3.63) is 29.8 Å². The molecule has 0 spiro atoms. The summed E-state index contributed by atoms with van der Waals surface area (Å²) in [6, 6.07) is 2.78. The molecular formula is C11H8F5NO2S. The summed E-state index contributed by atoms with van der Waals surface area (Å²) >= 11 is -0.343. The largest absolute Gasteiger partial charge is 0.446 e. The molecule has 9 heteroatoms. The first-order valence-corrected chi connectivity index (χ1v) is 6.16. The fraction of sp³-hybridized carbons (Fsp3) is 0.364. The minimum Gasteiger partial charge on any atom is -0.443 e. The van der Waals surface area contributed by atoms with E-state index in [-0.39, 0.29) is 22.2 Å². The van der Waals surface area contributed by atoms with Gasteiger partial charge in [-0.05, 0) is 29.5 Å². The maximum atomic E-state index is 13.6. The summed E-state index contributed by atoms with van der Waals surface area (Å²) < 4.78 is 67.8. The van der Waals surface area contributed by atoms with Gasteiger partial charge < -0.3 is 10.1 Å². The van der Waals surface area contributed by atoms with Gasteiger partial charge in [0.05, 0.1) is 0 Å². The number of amides is 1. The molecule has 20 heavy (non-hydrogen) atoms. The first-order valence-electron chi connectivity index (χ1n) is 5.34. The Morgan fingerprint density at radius 1 is 1.25 bits per heavy atom. The highest BCUT2D eigenvalue weighted by atomic mass is 32.2. The molecule has 0 aromatic heterocycles. The van der Waals surface area contributed by atoms with Crippen LogP contribution in [0.2, 0.25) is 0 Å². The Bertz CT molecular complexity index is 503. The Hall–Kier alpha value is -1.51. The summed E-state index contributed by atoms with van der Waals surface area (Å²) in [5.74, 6) is -3.33. The summed E-state index contributed by atoms with van der Waals surface area (Å²) in [5, 5.41) is 1.95. The van der Waals surface area contributed by atoms with Gasteiger partial charge in [-0.25, -0.2) is 13.6 Å². The monoisotopic (exact) mass is 313 g/mol. The summed E-state index contributed by atoms with van der Waals surface area (Å²) in [7, 11) is 0. The van der Waals surface area contributed by atoms with Crippen LogP contribution < -0.4 is 5.32 Å². The average Bonchev–Trinajstić information content (AvgIpc) is 2.32. The van der Waals surface area contributed by atoms with Crippen molar-refractivity contribution in [3.63, 3.8) is 0 Å². The molecule has 1 aliphatic rings. The van der Waals surface area contributed by atoms with Gasteiger partial charge in [0.1, 0.15) is 6.04 Å². The summed E-state index contributed by atoms with van der Waals surface area (Å²) in [6.07, 6.45) is -0.991. The third-order valence-corrected chi connectivity index (χ3v) is 3.27. The minimum atomic E-state index is -4.45. The number of rotatable bonds is 2. The van der Waals surface area contributed by atoms with Crippen LogP contribution >= 0.6 is 11.8 Å². The highest BCUT2D eigenvalue weighted by Crippen LogP contribution is 2.39. The van der Waals surface area contributed by atoms with Crippen molar-refractivity contribution in [1.29, 1.82) is 0 Å². The van der Waals surface area contributed by atoms with Crippen LogP contribution in [0.3, 0.4) is 0 Å². The standard InChI is InChI=1S/C11H8F5NO2S/c12-10(13)5-19-9(18)17-8(10)6-1-3-7(4-2-6)20-11(14,15)16/h1-4,8H,5H2,(H,17,18)/t8-/m0/s1. The van der Waals surface area contributed by atoms with Crippen LogP contribution in [-0.4, -0.2) is 24.1 Å². The van der Waals surface area contributed by atoms with Crippen LogP contribution in [0.25, 0.3) is 0 Å². The van der Waals surface area contributed by atoms with Gasteiger partial charge in [-0.15, -0.1) is 0 Å². The molecule has 0 saturated carbocycles. The second kappa shape index (κ2) is 5.12. The SMILES string of the molecule is O=C1N[C@@H](c2ccc(SC(F)(F)F)cc2)C(F)(F)CO1. The number of halogens is 5. The molecule has 1 aliphatic heterocycles. The molecule has 110 valence electrons. The molecule has 1 heterocycles. The quantitative estimate of drug-likeness (QED) is 0.668. The zero-order chi connectivity index (χ0) is 15.0. The van der Waals surface area contributed by atoms with Crippen LogP contribution in [0.1, 0.15) is 11.6 Å². The number of thioether (sulfide) groups is 1. The highest BCUT2D eigenvalue weighted by molar-refractivity contribution is 8.00. The third-order valence-electron chi connectivity index (χ3n) is 2.53. The van der Waals surface area contributed by atoms with Crippen molar-refractivity contribution >= 4 is 17.9 Å². The van der Waals surface area contributed by atoms with Crippen LogP contribution in [0.4, 0.5) is 26.7 Å². The van der Waals surface area contributed by atoms with Gasteiger partial charge in [0.2, 0.25) is 0 Å². The summed E-state index contributed by atoms with van der Waals surface area (Å²) in [5.41, 5.74) is -4.43. The van der Waals surface area contributed by atoms with E-state index in [0.717, 1.165) is 24.3 Å². The molecule has 1 fully saturated rings. The van der Waals surface area contributed by atoms with Crippen molar-refractivity contribution in [2.45, 2.75) is 22.4 Å². The van der Waals surface area contributed by atoms with E-state index in [9.17, 15) is 26.7 Å². The van der Waals surface area contributed by atoms with E-state index >= 15 is 0 Å². The molecule has 0 radical (unpaired) electrons. The first kappa shape index (κ1) is 14.9. The number of cyclic esters (lactones) is 1. The van der Waals surface area contributed by atoms with Crippen molar-refractivity contribution in [2.75, 3.05) is 6.61 Å². The van der Waals surface area contributed by atoms with Gasteiger partial charge in [0.15, 0.2) is 6.61 Å². The lowest BCUT2D eigenvalue weighted by molar-refractivity contribution is -0.104. The second-order valence-electron chi connectivity index (χ2n) is 4.03. The number of carbonyl (C=O) groups excluding carboxylic acids is 1. The molecule has 1 aromatic carbocycles. The molecule has 0 aliphatic carbocycles. The van der Waals surface area contributed by atoms with E-state index < -0.39 is 30.2 Å². The van der Waals surface area contributed by atoms with E-state index in [1.165, 1.54) is 0 Å². The normalized spacial score (nSPS) is 22.1. The number of nitrogens with one attached hydrogen (secondary N) is 1. The van der Waals surface area contributed by atoms with Crippen molar-refractivity contribution < 1.29 is 31.5 Å². The number of hydrogen-bond acceptors (Lipinski definition) is 3. The highest BCUT2D eigenvalue weighted by Gasteiger charge is 2.46. The fourth-order valence-electron chi connectivity index (χ4n) is 1.70. The Labute approximate surface area is 114 Å². The molecule has 1 aromatic rings. The lowest BCUT2D eigenvalue weighted by Gasteiger charge is -2.31. The maximum absolute atomic E-state index is 13.6. The third kappa shape index (κ3) is 3.53. The van der Waals surface area contributed by atoms with Crippen molar-refractivity contribution in [3.8, 4) is 0 Å². The molecule has 1 atom stereocenters. The minimum absolute atomic E-state index is 0.0122. The lowest BCUT2D eigenvalue weighted by Crippen LogP contribution is -2.49. The van der Waals surface area contributed by atoms with Gasteiger partial charge in [-0.1, -0.05) is 12.1 Å². The van der Waals surface area contributed by atoms with Crippen LogP contribution in [0.15, 0.2) is 29.2 Å². The van der Waals surface area contributed by atoms with E-state index in [0.29, 0.717) is 0 Å². The van der Waals surface area contributed by atoms with Gasteiger partial charge in [-0.3, -0.25) is 0 Å². The number of ether oxygens (including phenoxy) is 1. The number of benzene rings is 1. The summed E-state index contributed by atoms with van der Waals surface area (Å²) in [4.78, 5) is 10.8. The van der Waals surface area contributed by atoms with Crippen LogP contribution in [0, 0.1) is 0 Å². The smallest absolute Gasteiger partial charge is 0.443 e. The Morgan fingerprint density at radius 2 is 1.85 bits per heavy atom. The van der Waals surface area contributed by atoms with Gasteiger partial charge in [0, 0.05) is 4.90 Å². The summed E-state index contributed by atoms with van der Waals surface area (Å²) in [6.45, 7) is -1.07. The zero-order valence-corrected chi connectivity index (χ0v) is 10.5. The van der Waals surface area contributed by atoms with E-state index in [2.05, 4.69) is 4.74 Å². The Morgan fingerprint density at radius 3 is 2.40 bits per heavy atom. The van der Waals surface area contributed by atoms with Gasteiger partial charge in [-0.2, -0.15) is 13.2 Å². The molecule has 0 bridgehead atoms. The predicted octanol–water partition coefficient (Wildman–Crippen LogP) is 3.71. The van der Waals surface area contributed by atoms with Crippen LogP contribution in [0.5, 0.6) is 0 Å². The van der Waals surface area contributed by atoms with E-state index in [4.69, 9.17) is 0 Å². The van der Waals surface area contributed by atoms with Gasteiger partial charge in [0.25, 0.3) is 0 Å². The Kier molecular flexibility index (Phi) is 3.81. The predicted molar refractivity (Wildman–Crippen MR) is 60.5 cm³/mol. The molecule has 0 unspecified atom stereocenters. The Balaban J connectivity index is 2.18. The molecule has 1 N–H and O–H groups in total. The topological polar surface area (TPSA) is 38.3 Å². The van der Waals surface area contributed by atoms with E-state index in [1.54, 1.807) is 0 Å². The second-order valence-corrected chi connectivity index (χ2v) is 5.17. The number of alkyl carbamates (subject to hydrolysis) is 1. The number of hydrogen-bond donors (Lipinski definition) is 1. The lowest BCUT2D eigenvalue weighted by atomic mass is 10.0. The van der Waals surface area contributed by atoms with Crippen LogP contribution in [-0.2, 0) is 4.74 Å². The van der Waals surface area contributed by atoms with Crippen molar-refractivity contribution in [1.82, 2.24) is 5.32 Å². The van der Waals surface area contributed by atoms with Crippen molar-refractivity contribution in [2.24, 2.45) is 0 Å². The molecular weight excluding hydrogens is 305 g/mol. The number of alkyl halides is 5. The number of carbonyl (C=O) groups is 1. The van der Waals surface area contributed by atoms with Gasteiger partial charge >= 0.3 is 17.5 Å². The fourth-order valence-corrected chi connectivity index (χ4v) is 2.24. The molecule has 2 rings (SSSR count). The maximum Gasteiger partial charge on any atom is 0.446 e. The molecule has 3 nitrogen and oxygen atoms in total. The first-order chi connectivity index (χ1) is 9.17. The molecule has 1 saturated heterocycles. The zero-order valence-electron chi connectivity index (χ0n) is 9.71. The average molecular weight is 313 g/mol. The molecule has 1 amide bonds.